The van der Waals surface area contributed by atoms with Crippen LogP contribution in [0.15, 0.2) is 39.8 Å². The largest absolute Gasteiger partial charge is 0.361 e. The fourth-order valence-electron chi connectivity index (χ4n) is 2.63. The topological polar surface area (TPSA) is 63.4 Å². The Morgan fingerprint density at radius 1 is 1.38 bits per heavy atom. The lowest BCUT2D eigenvalue weighted by Gasteiger charge is -2.22. The molecule has 0 amide bonds. The van der Waals surface area contributed by atoms with Crippen LogP contribution in [0.1, 0.15) is 30.3 Å². The number of sulfonamides is 1. The van der Waals surface area contributed by atoms with Crippen molar-refractivity contribution in [1.82, 2.24) is 9.46 Å². The summed E-state index contributed by atoms with van der Waals surface area (Å²) < 4.78 is 45.1. The van der Waals surface area contributed by atoms with Crippen molar-refractivity contribution in [1.29, 1.82) is 0 Å². The highest BCUT2D eigenvalue weighted by atomic mass is 32.2. The van der Waals surface area contributed by atoms with Crippen molar-refractivity contribution in [3.8, 4) is 0 Å². The van der Waals surface area contributed by atoms with Crippen molar-refractivity contribution < 1.29 is 17.3 Å². The van der Waals surface area contributed by atoms with E-state index in [2.05, 4.69) is 5.16 Å². The monoisotopic (exact) mass is 310 g/mol. The molecular weight excluding hydrogens is 295 g/mol. The summed E-state index contributed by atoms with van der Waals surface area (Å²) in [5.41, 5.74) is 0.602. The standard InChI is InChI=1S/C14H15FN2O3S/c1-10-8-13(16-20-10)14-6-3-7-17(14)21(18,19)12-5-2-4-11(15)9-12/h2,4-5,8-9,14H,3,6-7H2,1H3/t14-/m0/s1. The molecule has 1 atom stereocenters. The Labute approximate surface area is 122 Å². The molecule has 1 aromatic carbocycles. The minimum Gasteiger partial charge on any atom is -0.361 e. The van der Waals surface area contributed by atoms with Gasteiger partial charge in [0.05, 0.1) is 10.9 Å². The smallest absolute Gasteiger partial charge is 0.243 e. The lowest BCUT2D eigenvalue weighted by atomic mass is 10.1. The Balaban J connectivity index is 1.98. The van der Waals surface area contributed by atoms with Gasteiger partial charge < -0.3 is 4.52 Å². The molecule has 1 saturated heterocycles. The number of rotatable bonds is 3. The maximum absolute atomic E-state index is 13.3. The van der Waals surface area contributed by atoms with Gasteiger partial charge in [-0.25, -0.2) is 12.8 Å². The minimum atomic E-state index is -3.74. The van der Waals surface area contributed by atoms with Gasteiger partial charge in [-0.2, -0.15) is 4.31 Å². The maximum Gasteiger partial charge on any atom is 0.243 e. The summed E-state index contributed by atoms with van der Waals surface area (Å²) in [5, 5.41) is 3.92. The van der Waals surface area contributed by atoms with Crippen molar-refractivity contribution >= 4 is 10.0 Å². The normalized spacial score (nSPS) is 20.0. The first-order chi connectivity index (χ1) is 9.98. The van der Waals surface area contributed by atoms with E-state index in [0.29, 0.717) is 24.4 Å². The molecular formula is C14H15FN2O3S. The van der Waals surface area contributed by atoms with Crippen LogP contribution in [0.4, 0.5) is 4.39 Å². The first kappa shape index (κ1) is 14.2. The van der Waals surface area contributed by atoms with Crippen LogP contribution in [-0.2, 0) is 10.0 Å². The molecule has 0 unspecified atom stereocenters. The zero-order chi connectivity index (χ0) is 15.0. The van der Waals surface area contributed by atoms with Crippen LogP contribution in [-0.4, -0.2) is 24.4 Å². The maximum atomic E-state index is 13.3. The van der Waals surface area contributed by atoms with Gasteiger partial charge in [-0.15, -0.1) is 0 Å². The quantitative estimate of drug-likeness (QED) is 0.874. The molecule has 7 heteroatoms. The molecule has 0 saturated carbocycles. The van der Waals surface area contributed by atoms with E-state index in [9.17, 15) is 12.8 Å². The minimum absolute atomic E-state index is 0.0328. The number of nitrogens with zero attached hydrogens (tertiary/aromatic N) is 2. The van der Waals surface area contributed by atoms with E-state index in [1.807, 2.05) is 0 Å². The van der Waals surface area contributed by atoms with Crippen molar-refractivity contribution in [3.05, 3.63) is 47.6 Å². The summed E-state index contributed by atoms with van der Waals surface area (Å²) in [6.07, 6.45) is 1.42. The van der Waals surface area contributed by atoms with E-state index < -0.39 is 15.8 Å². The van der Waals surface area contributed by atoms with E-state index in [1.165, 1.54) is 22.5 Å². The fourth-order valence-corrected chi connectivity index (χ4v) is 4.33. The number of aryl methyl sites for hydroxylation is 1. The summed E-state index contributed by atoms with van der Waals surface area (Å²) in [7, 11) is -3.74. The van der Waals surface area contributed by atoms with Gasteiger partial charge in [0.25, 0.3) is 0 Å². The van der Waals surface area contributed by atoms with Crippen molar-refractivity contribution in [2.45, 2.75) is 30.7 Å². The molecule has 2 heterocycles. The van der Waals surface area contributed by atoms with Gasteiger partial charge in [0.15, 0.2) is 0 Å². The first-order valence-corrected chi connectivity index (χ1v) is 8.13. The van der Waals surface area contributed by atoms with Crippen LogP contribution in [0.25, 0.3) is 0 Å². The molecule has 2 aromatic rings. The van der Waals surface area contributed by atoms with Gasteiger partial charge in [-0.1, -0.05) is 11.2 Å². The van der Waals surface area contributed by atoms with E-state index in [-0.39, 0.29) is 10.9 Å². The van der Waals surface area contributed by atoms with Crippen molar-refractivity contribution in [2.75, 3.05) is 6.54 Å². The van der Waals surface area contributed by atoms with Crippen LogP contribution in [0, 0.1) is 12.7 Å². The van der Waals surface area contributed by atoms with Gasteiger partial charge >= 0.3 is 0 Å². The Hall–Kier alpha value is -1.73. The van der Waals surface area contributed by atoms with Crippen LogP contribution >= 0.6 is 0 Å². The molecule has 21 heavy (non-hydrogen) atoms. The van der Waals surface area contributed by atoms with Gasteiger partial charge in [0, 0.05) is 12.6 Å². The highest BCUT2D eigenvalue weighted by molar-refractivity contribution is 7.89. The van der Waals surface area contributed by atoms with E-state index in [1.54, 1.807) is 13.0 Å². The Kier molecular flexibility index (Phi) is 3.54. The molecule has 0 spiro atoms. The third-order valence-corrected chi connectivity index (χ3v) is 5.50. The Morgan fingerprint density at radius 2 is 2.19 bits per heavy atom. The molecule has 0 aliphatic carbocycles. The molecule has 0 N–H and O–H groups in total. The summed E-state index contributed by atoms with van der Waals surface area (Å²) in [5.74, 6) is 0.0732. The molecule has 1 aliphatic rings. The zero-order valence-corrected chi connectivity index (χ0v) is 12.3. The summed E-state index contributed by atoms with van der Waals surface area (Å²) in [6, 6.07) is 6.45. The average molecular weight is 310 g/mol. The molecule has 5 nitrogen and oxygen atoms in total. The second kappa shape index (κ2) is 5.23. The lowest BCUT2D eigenvalue weighted by molar-refractivity contribution is 0.349. The van der Waals surface area contributed by atoms with Crippen LogP contribution in [0.3, 0.4) is 0 Å². The van der Waals surface area contributed by atoms with Gasteiger partial charge in [0.2, 0.25) is 10.0 Å². The summed E-state index contributed by atoms with van der Waals surface area (Å²) in [6.45, 7) is 2.16. The molecule has 1 fully saturated rings. The lowest BCUT2D eigenvalue weighted by Crippen LogP contribution is -2.30. The second-order valence-electron chi connectivity index (χ2n) is 5.09. The number of benzene rings is 1. The second-order valence-corrected chi connectivity index (χ2v) is 6.98. The third kappa shape index (κ3) is 2.58. The van der Waals surface area contributed by atoms with Gasteiger partial charge in [-0.3, -0.25) is 0 Å². The number of aromatic nitrogens is 1. The van der Waals surface area contributed by atoms with Crippen LogP contribution in [0.2, 0.25) is 0 Å². The van der Waals surface area contributed by atoms with E-state index >= 15 is 0 Å². The third-order valence-electron chi connectivity index (χ3n) is 3.59. The van der Waals surface area contributed by atoms with E-state index in [0.717, 1.165) is 12.5 Å². The molecule has 0 bridgehead atoms. The summed E-state index contributed by atoms with van der Waals surface area (Å²) >= 11 is 0. The van der Waals surface area contributed by atoms with Gasteiger partial charge in [-0.05, 0) is 38.0 Å². The molecule has 3 rings (SSSR count). The Morgan fingerprint density at radius 3 is 2.86 bits per heavy atom. The molecule has 0 radical (unpaired) electrons. The first-order valence-electron chi connectivity index (χ1n) is 6.69. The number of halogens is 1. The molecule has 112 valence electrons. The van der Waals surface area contributed by atoms with E-state index in [4.69, 9.17) is 4.52 Å². The Bertz CT molecular complexity index is 757. The number of hydrogen-bond acceptors (Lipinski definition) is 4. The SMILES string of the molecule is Cc1cc([C@@H]2CCCN2S(=O)(=O)c2cccc(F)c2)no1. The molecule has 1 aromatic heterocycles. The average Bonchev–Trinajstić information content (AvgIpc) is 3.07. The predicted octanol–water partition coefficient (Wildman–Crippen LogP) is 2.65. The summed E-state index contributed by atoms with van der Waals surface area (Å²) in [4.78, 5) is -0.0328. The zero-order valence-electron chi connectivity index (χ0n) is 11.5. The molecule has 1 aliphatic heterocycles. The predicted molar refractivity (Wildman–Crippen MR) is 73.5 cm³/mol. The number of hydrogen-bond donors (Lipinski definition) is 0. The fraction of sp³-hybridized carbons (Fsp3) is 0.357. The highest BCUT2D eigenvalue weighted by Crippen LogP contribution is 2.36. The van der Waals surface area contributed by atoms with Crippen molar-refractivity contribution in [3.63, 3.8) is 0 Å². The van der Waals surface area contributed by atoms with Crippen LogP contribution < -0.4 is 0 Å². The highest BCUT2D eigenvalue weighted by Gasteiger charge is 2.37. The van der Waals surface area contributed by atoms with Crippen LogP contribution in [0.5, 0.6) is 0 Å². The van der Waals surface area contributed by atoms with Gasteiger partial charge in [0.1, 0.15) is 17.3 Å². The van der Waals surface area contributed by atoms with Crippen molar-refractivity contribution in [2.24, 2.45) is 0 Å².